The summed E-state index contributed by atoms with van der Waals surface area (Å²) in [7, 11) is -3.66. The summed E-state index contributed by atoms with van der Waals surface area (Å²) in [6.45, 7) is 2.73. The van der Waals surface area contributed by atoms with Crippen molar-refractivity contribution in [1.29, 1.82) is 0 Å². The van der Waals surface area contributed by atoms with Gasteiger partial charge < -0.3 is 9.88 Å². The number of benzene rings is 1. The number of nitrogens with zero attached hydrogens (tertiary/aromatic N) is 4. The highest BCUT2D eigenvalue weighted by Gasteiger charge is 2.30. The summed E-state index contributed by atoms with van der Waals surface area (Å²) in [4.78, 5) is 45.6. The van der Waals surface area contributed by atoms with Crippen LogP contribution in [-0.4, -0.2) is 64.2 Å². The molecule has 0 atom stereocenters. The Hall–Kier alpha value is -3.31. The summed E-state index contributed by atoms with van der Waals surface area (Å²) in [5.41, 5.74) is -0.322. The van der Waals surface area contributed by atoms with E-state index in [0.717, 1.165) is 4.57 Å². The maximum absolute atomic E-state index is 12.9. The van der Waals surface area contributed by atoms with E-state index in [2.05, 4.69) is 9.97 Å². The molecule has 1 fully saturated rings. The molecule has 0 aliphatic carbocycles. The summed E-state index contributed by atoms with van der Waals surface area (Å²) < 4.78 is 27.8. The van der Waals surface area contributed by atoms with Gasteiger partial charge in [-0.2, -0.15) is 4.31 Å². The van der Waals surface area contributed by atoms with Gasteiger partial charge in [0.25, 0.3) is 11.5 Å². The van der Waals surface area contributed by atoms with E-state index in [1.54, 1.807) is 24.0 Å². The number of aromatic nitrogens is 3. The summed E-state index contributed by atoms with van der Waals surface area (Å²) >= 11 is 0. The lowest BCUT2D eigenvalue weighted by atomic mass is 10.1. The summed E-state index contributed by atoms with van der Waals surface area (Å²) in [6.07, 6.45) is 2.80. The molecule has 4 rings (SSSR count). The van der Waals surface area contributed by atoms with Gasteiger partial charge in [-0.05, 0) is 37.3 Å². The first-order chi connectivity index (χ1) is 14.8. The van der Waals surface area contributed by atoms with Gasteiger partial charge in [0.1, 0.15) is 4.90 Å². The Morgan fingerprint density at radius 3 is 2.52 bits per heavy atom. The second kappa shape index (κ2) is 8.08. The van der Waals surface area contributed by atoms with Crippen molar-refractivity contribution in [2.45, 2.75) is 18.4 Å². The summed E-state index contributed by atoms with van der Waals surface area (Å²) in [5, 5.41) is 0.324. The van der Waals surface area contributed by atoms with Crippen molar-refractivity contribution < 1.29 is 13.2 Å². The van der Waals surface area contributed by atoms with E-state index in [1.165, 1.54) is 34.9 Å². The van der Waals surface area contributed by atoms with Crippen LogP contribution in [0.5, 0.6) is 0 Å². The molecule has 1 amide bonds. The minimum atomic E-state index is -3.66. The number of hydrogen-bond donors (Lipinski definition) is 1. The van der Waals surface area contributed by atoms with Crippen LogP contribution in [0.25, 0.3) is 10.9 Å². The minimum Gasteiger partial charge on any atom is -0.336 e. The van der Waals surface area contributed by atoms with E-state index in [1.807, 2.05) is 0 Å². The van der Waals surface area contributed by atoms with Gasteiger partial charge in [-0.15, -0.1) is 0 Å². The van der Waals surface area contributed by atoms with Gasteiger partial charge in [-0.25, -0.2) is 13.2 Å². The van der Waals surface area contributed by atoms with E-state index < -0.39 is 21.3 Å². The molecule has 11 heteroatoms. The van der Waals surface area contributed by atoms with E-state index in [-0.39, 0.29) is 43.5 Å². The molecule has 2 aromatic heterocycles. The van der Waals surface area contributed by atoms with Crippen molar-refractivity contribution >= 4 is 26.8 Å². The Morgan fingerprint density at radius 1 is 1.13 bits per heavy atom. The molecule has 10 nitrogen and oxygen atoms in total. The Kier molecular flexibility index (Phi) is 5.46. The molecule has 1 N–H and O–H groups in total. The van der Waals surface area contributed by atoms with Gasteiger partial charge >= 0.3 is 5.69 Å². The second-order valence-electron chi connectivity index (χ2n) is 7.12. The molecule has 31 heavy (non-hydrogen) atoms. The molecule has 1 aliphatic heterocycles. The number of rotatable bonds is 4. The Bertz CT molecular complexity index is 1360. The van der Waals surface area contributed by atoms with Crippen LogP contribution >= 0.6 is 0 Å². The van der Waals surface area contributed by atoms with E-state index in [0.29, 0.717) is 16.5 Å². The number of hydrogen-bond acceptors (Lipinski definition) is 6. The highest BCUT2D eigenvalue weighted by molar-refractivity contribution is 7.89. The highest BCUT2D eigenvalue weighted by atomic mass is 32.2. The summed E-state index contributed by atoms with van der Waals surface area (Å²) in [5.74, 6) is -0.291. The quantitative estimate of drug-likeness (QED) is 0.616. The summed E-state index contributed by atoms with van der Waals surface area (Å²) in [6, 6.07) is 7.60. The fraction of sp³-hybridized carbons (Fsp3) is 0.300. The van der Waals surface area contributed by atoms with Crippen LogP contribution in [0.15, 0.2) is 57.2 Å². The minimum absolute atomic E-state index is 0.117. The predicted molar refractivity (Wildman–Crippen MR) is 113 cm³/mol. The Morgan fingerprint density at radius 2 is 1.87 bits per heavy atom. The highest BCUT2D eigenvalue weighted by Crippen LogP contribution is 2.18. The van der Waals surface area contributed by atoms with E-state index in [9.17, 15) is 22.8 Å². The van der Waals surface area contributed by atoms with Crippen molar-refractivity contribution in [2.24, 2.45) is 0 Å². The smallest absolute Gasteiger partial charge is 0.328 e. The number of piperazine rings is 1. The second-order valence-corrected chi connectivity index (χ2v) is 9.06. The Labute approximate surface area is 177 Å². The van der Waals surface area contributed by atoms with Crippen molar-refractivity contribution in [3.05, 3.63) is 69.1 Å². The predicted octanol–water partition coefficient (Wildman–Crippen LogP) is 0.251. The number of sulfonamides is 1. The van der Waals surface area contributed by atoms with Crippen molar-refractivity contribution in [1.82, 2.24) is 23.7 Å². The van der Waals surface area contributed by atoms with Crippen LogP contribution in [0.4, 0.5) is 0 Å². The standard InChI is InChI=1S/C20H21N5O5S/c1-2-25-19(27)16-6-5-14(12-17(16)22-20(25)28)18(26)23-8-10-24(11-9-23)31(29,30)15-4-3-7-21-13-15/h3-7,12-13H,2,8-11H2,1H3,(H,22,28). The van der Waals surface area contributed by atoms with Crippen LogP contribution in [-0.2, 0) is 16.6 Å². The van der Waals surface area contributed by atoms with Gasteiger partial charge in [-0.1, -0.05) is 0 Å². The zero-order chi connectivity index (χ0) is 22.2. The van der Waals surface area contributed by atoms with Crippen LogP contribution in [0, 0.1) is 0 Å². The zero-order valence-corrected chi connectivity index (χ0v) is 17.6. The van der Waals surface area contributed by atoms with Crippen molar-refractivity contribution in [2.75, 3.05) is 26.2 Å². The normalized spacial score (nSPS) is 15.3. The van der Waals surface area contributed by atoms with Crippen LogP contribution in [0.2, 0.25) is 0 Å². The molecule has 3 aromatic rings. The molecule has 0 radical (unpaired) electrons. The number of carbonyl (C=O) groups excluding carboxylic acids is 1. The van der Waals surface area contributed by atoms with E-state index >= 15 is 0 Å². The number of H-pyrrole nitrogens is 1. The van der Waals surface area contributed by atoms with Crippen molar-refractivity contribution in [3.63, 3.8) is 0 Å². The molecule has 162 valence electrons. The third kappa shape index (κ3) is 3.77. The number of fused-ring (bicyclic) bond motifs is 1. The van der Waals surface area contributed by atoms with Gasteiger partial charge in [0.05, 0.1) is 10.9 Å². The first-order valence-corrected chi connectivity index (χ1v) is 11.2. The van der Waals surface area contributed by atoms with E-state index in [4.69, 9.17) is 0 Å². The largest absolute Gasteiger partial charge is 0.336 e. The number of nitrogens with one attached hydrogen (secondary N) is 1. The molecule has 3 heterocycles. The van der Waals surface area contributed by atoms with Crippen LogP contribution in [0.1, 0.15) is 17.3 Å². The molecule has 0 saturated carbocycles. The molecule has 1 aliphatic rings. The number of pyridine rings is 1. The molecule has 1 saturated heterocycles. The lowest BCUT2D eigenvalue weighted by molar-refractivity contribution is 0.0698. The number of aromatic amines is 1. The molecule has 0 spiro atoms. The average molecular weight is 443 g/mol. The van der Waals surface area contributed by atoms with Gasteiger partial charge in [0, 0.05) is 50.7 Å². The van der Waals surface area contributed by atoms with Gasteiger partial charge in [0.15, 0.2) is 0 Å². The fourth-order valence-electron chi connectivity index (χ4n) is 3.64. The maximum Gasteiger partial charge on any atom is 0.328 e. The number of carbonyl (C=O) groups is 1. The molecular weight excluding hydrogens is 422 g/mol. The van der Waals surface area contributed by atoms with Crippen LogP contribution in [0.3, 0.4) is 0 Å². The first kappa shape index (κ1) is 20.9. The van der Waals surface area contributed by atoms with Gasteiger partial charge in [-0.3, -0.25) is 19.1 Å². The Balaban J connectivity index is 1.53. The average Bonchev–Trinajstić information content (AvgIpc) is 2.79. The fourth-order valence-corrected chi connectivity index (χ4v) is 5.02. The third-order valence-corrected chi connectivity index (χ3v) is 7.23. The SMILES string of the molecule is CCn1c(=O)[nH]c2cc(C(=O)N3CCN(S(=O)(=O)c4cccnc4)CC3)ccc2c1=O. The first-order valence-electron chi connectivity index (χ1n) is 9.79. The topological polar surface area (TPSA) is 125 Å². The zero-order valence-electron chi connectivity index (χ0n) is 16.8. The van der Waals surface area contributed by atoms with Gasteiger partial charge in [0.2, 0.25) is 10.0 Å². The molecule has 0 unspecified atom stereocenters. The van der Waals surface area contributed by atoms with Crippen LogP contribution < -0.4 is 11.2 Å². The molecule has 0 bridgehead atoms. The maximum atomic E-state index is 12.9. The lowest BCUT2D eigenvalue weighted by Gasteiger charge is -2.34. The number of amides is 1. The lowest BCUT2D eigenvalue weighted by Crippen LogP contribution is -2.50. The molecule has 1 aromatic carbocycles. The molecular formula is C20H21N5O5S. The monoisotopic (exact) mass is 443 g/mol. The van der Waals surface area contributed by atoms with Crippen molar-refractivity contribution in [3.8, 4) is 0 Å². The third-order valence-electron chi connectivity index (χ3n) is 5.34.